The van der Waals surface area contributed by atoms with Crippen LogP contribution in [0.1, 0.15) is 55.0 Å². The monoisotopic (exact) mass is 347 g/mol. The van der Waals surface area contributed by atoms with Crippen LogP contribution in [0.2, 0.25) is 10.0 Å². The smallest absolute Gasteiger partial charge is 0.0750 e. The van der Waals surface area contributed by atoms with Gasteiger partial charge >= 0.3 is 0 Å². The minimum absolute atomic E-state index is 0.114. The molecule has 1 unspecified atom stereocenters. The van der Waals surface area contributed by atoms with E-state index in [1.807, 2.05) is 32.0 Å². The first-order valence-electron chi connectivity index (χ1n) is 8.05. The van der Waals surface area contributed by atoms with Crippen molar-refractivity contribution in [3.05, 3.63) is 68.7 Å². The summed E-state index contributed by atoms with van der Waals surface area (Å²) in [5, 5.41) is 1.59. The van der Waals surface area contributed by atoms with Crippen molar-refractivity contribution in [2.75, 3.05) is 0 Å². The lowest BCUT2D eigenvalue weighted by Crippen LogP contribution is -2.04. The molecule has 0 aliphatic carbocycles. The standard InChI is InChI=1S/C20H23Cl2N/c1-5-19(15-9-7-13(3)17(21)11-15)23-20(6-2)16-10-8-14(4)18(22)12-16/h7-12,19H,5-6H2,1-4H3. The van der Waals surface area contributed by atoms with Gasteiger partial charge in [0.1, 0.15) is 0 Å². The van der Waals surface area contributed by atoms with Crippen molar-refractivity contribution in [2.45, 2.75) is 46.6 Å². The second-order valence-corrected chi connectivity index (χ2v) is 6.64. The van der Waals surface area contributed by atoms with Gasteiger partial charge in [0.15, 0.2) is 0 Å². The fourth-order valence-electron chi connectivity index (χ4n) is 2.55. The Labute approximate surface area is 149 Å². The van der Waals surface area contributed by atoms with Gasteiger partial charge in [-0.1, -0.05) is 61.3 Å². The fraction of sp³-hybridized carbons (Fsp3) is 0.350. The second kappa shape index (κ2) is 7.99. The van der Waals surface area contributed by atoms with Crippen molar-refractivity contribution < 1.29 is 0 Å². The predicted molar refractivity (Wildman–Crippen MR) is 102 cm³/mol. The molecule has 122 valence electrons. The van der Waals surface area contributed by atoms with Gasteiger partial charge in [0.2, 0.25) is 0 Å². The molecule has 0 amide bonds. The van der Waals surface area contributed by atoms with E-state index >= 15 is 0 Å². The van der Waals surface area contributed by atoms with E-state index in [0.29, 0.717) is 0 Å². The summed E-state index contributed by atoms with van der Waals surface area (Å²) in [5.74, 6) is 0. The minimum atomic E-state index is 0.114. The van der Waals surface area contributed by atoms with Gasteiger partial charge in [-0.3, -0.25) is 4.99 Å². The molecule has 0 N–H and O–H groups in total. The van der Waals surface area contributed by atoms with Gasteiger partial charge < -0.3 is 0 Å². The highest BCUT2D eigenvalue weighted by Crippen LogP contribution is 2.27. The van der Waals surface area contributed by atoms with Gasteiger partial charge in [-0.25, -0.2) is 0 Å². The molecule has 23 heavy (non-hydrogen) atoms. The van der Waals surface area contributed by atoms with Crippen molar-refractivity contribution >= 4 is 28.9 Å². The molecular weight excluding hydrogens is 325 g/mol. The number of hydrogen-bond donors (Lipinski definition) is 0. The van der Waals surface area contributed by atoms with Crippen molar-refractivity contribution in [1.29, 1.82) is 0 Å². The summed E-state index contributed by atoms with van der Waals surface area (Å²) in [6, 6.07) is 12.5. The molecule has 0 saturated heterocycles. The molecule has 2 rings (SSSR count). The van der Waals surface area contributed by atoms with E-state index in [2.05, 4.69) is 32.0 Å². The van der Waals surface area contributed by atoms with E-state index in [1.165, 1.54) is 0 Å². The SMILES string of the molecule is CCC(=NC(CC)c1ccc(C)c(Cl)c1)c1ccc(C)c(Cl)c1. The molecule has 0 heterocycles. The third-order valence-electron chi connectivity index (χ3n) is 4.12. The summed E-state index contributed by atoms with van der Waals surface area (Å²) in [6.45, 7) is 8.30. The van der Waals surface area contributed by atoms with Crippen LogP contribution in [-0.4, -0.2) is 5.71 Å². The van der Waals surface area contributed by atoms with Gasteiger partial charge in [-0.05, 0) is 61.1 Å². The van der Waals surface area contributed by atoms with Crippen LogP contribution < -0.4 is 0 Å². The molecule has 0 spiro atoms. The number of aliphatic imine (C=N–C) groups is 1. The van der Waals surface area contributed by atoms with E-state index in [9.17, 15) is 0 Å². The average molecular weight is 348 g/mol. The van der Waals surface area contributed by atoms with Gasteiger partial charge in [0.25, 0.3) is 0 Å². The van der Waals surface area contributed by atoms with Crippen molar-refractivity contribution in [3.63, 3.8) is 0 Å². The molecule has 0 saturated carbocycles. The molecule has 0 aliphatic rings. The molecule has 2 aromatic carbocycles. The van der Waals surface area contributed by atoms with Crippen LogP contribution in [0.5, 0.6) is 0 Å². The van der Waals surface area contributed by atoms with Gasteiger partial charge in [0, 0.05) is 15.8 Å². The van der Waals surface area contributed by atoms with E-state index in [0.717, 1.165) is 50.9 Å². The van der Waals surface area contributed by atoms with E-state index in [4.69, 9.17) is 28.2 Å². The van der Waals surface area contributed by atoms with Gasteiger partial charge in [-0.2, -0.15) is 0 Å². The summed E-state index contributed by atoms with van der Waals surface area (Å²) in [5.41, 5.74) is 5.51. The Balaban J connectivity index is 2.40. The summed E-state index contributed by atoms with van der Waals surface area (Å²) < 4.78 is 0. The molecular formula is C20H23Cl2N. The van der Waals surface area contributed by atoms with Crippen molar-refractivity contribution in [1.82, 2.24) is 0 Å². The molecule has 0 aromatic heterocycles. The van der Waals surface area contributed by atoms with Crippen LogP contribution in [0.4, 0.5) is 0 Å². The number of rotatable bonds is 5. The fourth-order valence-corrected chi connectivity index (χ4v) is 2.92. The van der Waals surface area contributed by atoms with Crippen molar-refractivity contribution in [2.24, 2.45) is 4.99 Å². The van der Waals surface area contributed by atoms with Crippen LogP contribution in [-0.2, 0) is 0 Å². The van der Waals surface area contributed by atoms with E-state index < -0.39 is 0 Å². The molecule has 0 aliphatic heterocycles. The number of halogens is 2. The minimum Gasteiger partial charge on any atom is -0.281 e. The average Bonchev–Trinajstić information content (AvgIpc) is 2.54. The highest BCUT2D eigenvalue weighted by atomic mass is 35.5. The topological polar surface area (TPSA) is 12.4 Å². The highest BCUT2D eigenvalue weighted by molar-refractivity contribution is 6.32. The number of benzene rings is 2. The zero-order chi connectivity index (χ0) is 17.0. The number of hydrogen-bond acceptors (Lipinski definition) is 1. The highest BCUT2D eigenvalue weighted by Gasteiger charge is 2.12. The maximum atomic E-state index is 6.27. The lowest BCUT2D eigenvalue weighted by Gasteiger charge is -2.15. The van der Waals surface area contributed by atoms with Crippen LogP contribution in [0.3, 0.4) is 0 Å². The Morgan fingerprint density at radius 1 is 0.957 bits per heavy atom. The first kappa shape index (κ1) is 18.0. The molecule has 1 nitrogen and oxygen atoms in total. The number of nitrogens with zero attached hydrogens (tertiary/aromatic N) is 1. The summed E-state index contributed by atoms with van der Waals surface area (Å²) in [6.07, 6.45) is 1.80. The first-order chi connectivity index (χ1) is 11.0. The van der Waals surface area contributed by atoms with E-state index in [1.54, 1.807) is 0 Å². The lowest BCUT2D eigenvalue weighted by molar-refractivity contribution is 0.699. The normalized spacial score (nSPS) is 13.2. The molecule has 1 atom stereocenters. The maximum Gasteiger partial charge on any atom is 0.0750 e. The van der Waals surface area contributed by atoms with E-state index in [-0.39, 0.29) is 6.04 Å². The molecule has 0 bridgehead atoms. The summed E-state index contributed by atoms with van der Waals surface area (Å²) >= 11 is 12.5. The lowest BCUT2D eigenvalue weighted by atomic mass is 10.0. The van der Waals surface area contributed by atoms with Crippen LogP contribution in [0.15, 0.2) is 41.4 Å². The summed E-state index contributed by atoms with van der Waals surface area (Å²) in [4.78, 5) is 4.99. The third kappa shape index (κ3) is 4.37. The third-order valence-corrected chi connectivity index (χ3v) is 4.93. The maximum absolute atomic E-state index is 6.27. The zero-order valence-corrected chi connectivity index (χ0v) is 15.7. The zero-order valence-electron chi connectivity index (χ0n) is 14.2. The second-order valence-electron chi connectivity index (χ2n) is 5.83. The molecule has 2 aromatic rings. The Hall–Kier alpha value is -1.31. The Morgan fingerprint density at radius 2 is 1.57 bits per heavy atom. The quantitative estimate of drug-likeness (QED) is 0.518. The molecule has 3 heteroatoms. The van der Waals surface area contributed by atoms with Crippen LogP contribution >= 0.6 is 23.2 Å². The van der Waals surface area contributed by atoms with Crippen LogP contribution in [0.25, 0.3) is 0 Å². The van der Waals surface area contributed by atoms with Gasteiger partial charge in [0.05, 0.1) is 6.04 Å². The Kier molecular flexibility index (Phi) is 6.26. The summed E-state index contributed by atoms with van der Waals surface area (Å²) in [7, 11) is 0. The largest absolute Gasteiger partial charge is 0.281 e. The number of aryl methyl sites for hydroxylation is 2. The first-order valence-corrected chi connectivity index (χ1v) is 8.81. The van der Waals surface area contributed by atoms with Crippen LogP contribution in [0, 0.1) is 13.8 Å². The van der Waals surface area contributed by atoms with Crippen molar-refractivity contribution in [3.8, 4) is 0 Å². The molecule has 0 fully saturated rings. The Morgan fingerprint density at radius 3 is 2.09 bits per heavy atom. The van der Waals surface area contributed by atoms with Gasteiger partial charge in [-0.15, -0.1) is 0 Å². The predicted octanol–water partition coefficient (Wildman–Crippen LogP) is 6.96. The molecule has 0 radical (unpaired) electrons. The Bertz CT molecular complexity index is 720.